The van der Waals surface area contributed by atoms with E-state index in [0.717, 1.165) is 12.1 Å². The number of hydrogen-bond acceptors (Lipinski definition) is 1. The van der Waals surface area contributed by atoms with Crippen LogP contribution in [-0.4, -0.2) is 12.1 Å². The number of benzene rings is 1. The van der Waals surface area contributed by atoms with E-state index in [1.54, 1.807) is 0 Å². The highest BCUT2D eigenvalue weighted by Crippen LogP contribution is 2.37. The van der Waals surface area contributed by atoms with Crippen molar-refractivity contribution in [1.82, 2.24) is 0 Å². The van der Waals surface area contributed by atoms with Gasteiger partial charge in [-0.25, -0.2) is 4.57 Å². The van der Waals surface area contributed by atoms with Crippen LogP contribution in [0.1, 0.15) is 51.4 Å². The van der Waals surface area contributed by atoms with Crippen LogP contribution in [0.3, 0.4) is 0 Å². The molecule has 2 aliphatic carbocycles. The Kier molecular flexibility index (Phi) is 3.77. The van der Waals surface area contributed by atoms with E-state index >= 15 is 0 Å². The van der Waals surface area contributed by atoms with Crippen LogP contribution in [0.4, 0.5) is 5.69 Å². The van der Waals surface area contributed by atoms with Crippen LogP contribution in [0.5, 0.6) is 0 Å². The molecular formula is C20H27N2+. The van der Waals surface area contributed by atoms with Gasteiger partial charge in [-0.2, -0.15) is 0 Å². The summed E-state index contributed by atoms with van der Waals surface area (Å²) in [6.45, 7) is 0. The number of aryl methyl sites for hydroxylation is 1. The lowest BCUT2D eigenvalue weighted by atomic mass is 10.0. The number of hydrogen-bond donors (Lipinski definition) is 0. The highest BCUT2D eigenvalue weighted by molar-refractivity contribution is 5.89. The van der Waals surface area contributed by atoms with Crippen molar-refractivity contribution in [3.63, 3.8) is 0 Å². The smallest absolute Gasteiger partial charge is 0.214 e. The average Bonchev–Trinajstić information content (AvgIpc) is 3.24. The summed E-state index contributed by atoms with van der Waals surface area (Å²) >= 11 is 0. The summed E-state index contributed by atoms with van der Waals surface area (Å²) in [6.07, 6.45) is 13.4. The second kappa shape index (κ2) is 5.91. The summed E-state index contributed by atoms with van der Waals surface area (Å²) in [7, 11) is 2.15. The maximum atomic E-state index is 2.82. The molecule has 2 fully saturated rings. The molecule has 2 nitrogen and oxygen atoms in total. The molecular weight excluding hydrogens is 268 g/mol. The molecule has 0 spiro atoms. The molecule has 2 aromatic rings. The first kappa shape index (κ1) is 14.0. The van der Waals surface area contributed by atoms with Crippen molar-refractivity contribution in [2.45, 2.75) is 63.5 Å². The Labute approximate surface area is 133 Å². The quantitative estimate of drug-likeness (QED) is 0.763. The van der Waals surface area contributed by atoms with Gasteiger partial charge in [-0.3, -0.25) is 0 Å². The third-order valence-corrected chi connectivity index (χ3v) is 5.73. The molecule has 1 aromatic heterocycles. The molecule has 116 valence electrons. The number of aromatic nitrogens is 1. The van der Waals surface area contributed by atoms with Gasteiger partial charge in [0.05, 0.1) is 11.1 Å². The number of pyridine rings is 1. The Bertz CT molecular complexity index is 636. The zero-order valence-corrected chi connectivity index (χ0v) is 13.7. The Morgan fingerprint density at radius 1 is 0.864 bits per heavy atom. The van der Waals surface area contributed by atoms with Gasteiger partial charge in [0.15, 0.2) is 6.20 Å². The van der Waals surface area contributed by atoms with E-state index in [0.29, 0.717) is 0 Å². The third-order valence-electron chi connectivity index (χ3n) is 5.73. The summed E-state index contributed by atoms with van der Waals surface area (Å²) in [6, 6.07) is 12.8. The van der Waals surface area contributed by atoms with E-state index in [9.17, 15) is 0 Å². The molecule has 2 heteroatoms. The van der Waals surface area contributed by atoms with Gasteiger partial charge in [-0.1, -0.05) is 37.8 Å². The topological polar surface area (TPSA) is 7.12 Å². The van der Waals surface area contributed by atoms with Crippen LogP contribution >= 0.6 is 0 Å². The highest BCUT2D eigenvalue weighted by Gasteiger charge is 2.32. The predicted octanol–water partition coefficient (Wildman–Crippen LogP) is 4.36. The average molecular weight is 295 g/mol. The summed E-state index contributed by atoms with van der Waals surface area (Å²) in [5.41, 5.74) is 2.83. The maximum Gasteiger partial charge on any atom is 0.214 e. The SMILES string of the molecule is C[n+]1ccc(N(C2CCCC2)C2CCCC2)c2ccccc21. The molecule has 0 amide bonds. The lowest BCUT2D eigenvalue weighted by molar-refractivity contribution is -0.644. The molecule has 4 rings (SSSR count). The van der Waals surface area contributed by atoms with Gasteiger partial charge in [0.1, 0.15) is 7.05 Å². The second-order valence-corrected chi connectivity index (χ2v) is 7.11. The van der Waals surface area contributed by atoms with Gasteiger partial charge in [-0.05, 0) is 31.7 Å². The number of nitrogens with zero attached hydrogens (tertiary/aromatic N) is 2. The Morgan fingerprint density at radius 2 is 1.45 bits per heavy atom. The standard InChI is InChI=1S/C20H27N2/c1-21-15-14-20(18-12-6-7-13-19(18)21)22(16-8-2-3-9-16)17-10-4-5-11-17/h6-7,12-17H,2-5,8-11H2,1H3/q+1. The van der Waals surface area contributed by atoms with Gasteiger partial charge in [0.2, 0.25) is 5.52 Å². The Morgan fingerprint density at radius 3 is 2.09 bits per heavy atom. The fourth-order valence-corrected chi connectivity index (χ4v) is 4.63. The normalized spacial score (nSPS) is 20.0. The first-order valence-electron chi connectivity index (χ1n) is 9.00. The van der Waals surface area contributed by atoms with Crippen LogP contribution in [0, 0.1) is 0 Å². The maximum absolute atomic E-state index is 2.82. The molecule has 1 heterocycles. The van der Waals surface area contributed by atoms with Gasteiger partial charge >= 0.3 is 0 Å². The van der Waals surface area contributed by atoms with Crippen molar-refractivity contribution < 1.29 is 4.57 Å². The van der Waals surface area contributed by atoms with E-state index < -0.39 is 0 Å². The summed E-state index contributed by atoms with van der Waals surface area (Å²) < 4.78 is 2.25. The van der Waals surface area contributed by atoms with Crippen LogP contribution in [0.15, 0.2) is 36.5 Å². The second-order valence-electron chi connectivity index (χ2n) is 7.11. The van der Waals surface area contributed by atoms with Crippen molar-refractivity contribution in [2.75, 3.05) is 4.90 Å². The largest absolute Gasteiger partial charge is 0.365 e. The van der Waals surface area contributed by atoms with Crippen LogP contribution in [-0.2, 0) is 7.05 Å². The number of para-hydroxylation sites is 1. The Hall–Kier alpha value is -1.57. The molecule has 2 saturated carbocycles. The Balaban J connectivity index is 1.83. The van der Waals surface area contributed by atoms with Crippen molar-refractivity contribution in [3.8, 4) is 0 Å². The summed E-state index contributed by atoms with van der Waals surface area (Å²) in [4.78, 5) is 2.82. The first-order valence-corrected chi connectivity index (χ1v) is 9.00. The zero-order valence-electron chi connectivity index (χ0n) is 13.7. The molecule has 0 N–H and O–H groups in total. The van der Waals surface area contributed by atoms with Crippen molar-refractivity contribution >= 4 is 16.6 Å². The van der Waals surface area contributed by atoms with Crippen LogP contribution in [0.2, 0.25) is 0 Å². The number of fused-ring (bicyclic) bond motifs is 1. The fourth-order valence-electron chi connectivity index (χ4n) is 4.63. The lowest BCUT2D eigenvalue weighted by Gasteiger charge is -2.37. The van der Waals surface area contributed by atoms with E-state index in [4.69, 9.17) is 0 Å². The van der Waals surface area contributed by atoms with Gasteiger partial charge < -0.3 is 4.90 Å². The minimum absolute atomic E-state index is 0.763. The lowest BCUT2D eigenvalue weighted by Crippen LogP contribution is -2.41. The van der Waals surface area contributed by atoms with E-state index in [-0.39, 0.29) is 0 Å². The fraction of sp³-hybridized carbons (Fsp3) is 0.550. The van der Waals surface area contributed by atoms with E-state index in [2.05, 4.69) is 53.0 Å². The van der Waals surface area contributed by atoms with Crippen LogP contribution in [0.25, 0.3) is 10.9 Å². The molecule has 1 aromatic carbocycles. The highest BCUT2D eigenvalue weighted by atomic mass is 15.2. The van der Waals surface area contributed by atoms with Crippen LogP contribution < -0.4 is 9.47 Å². The minimum atomic E-state index is 0.763. The van der Waals surface area contributed by atoms with Crippen molar-refractivity contribution in [3.05, 3.63) is 36.5 Å². The molecule has 0 atom stereocenters. The molecule has 0 aliphatic heterocycles. The zero-order chi connectivity index (χ0) is 14.9. The molecule has 0 saturated heterocycles. The predicted molar refractivity (Wildman–Crippen MR) is 92.1 cm³/mol. The minimum Gasteiger partial charge on any atom is -0.365 e. The van der Waals surface area contributed by atoms with E-state index in [1.807, 2.05) is 0 Å². The monoisotopic (exact) mass is 295 g/mol. The molecule has 2 aliphatic rings. The molecule has 0 unspecified atom stereocenters. The number of anilines is 1. The van der Waals surface area contributed by atoms with Crippen molar-refractivity contribution in [1.29, 1.82) is 0 Å². The molecule has 22 heavy (non-hydrogen) atoms. The summed E-state index contributed by atoms with van der Waals surface area (Å²) in [5, 5.41) is 1.42. The number of rotatable bonds is 3. The third kappa shape index (κ3) is 2.39. The van der Waals surface area contributed by atoms with Gasteiger partial charge in [0.25, 0.3) is 0 Å². The first-order chi connectivity index (χ1) is 10.8. The van der Waals surface area contributed by atoms with Gasteiger partial charge in [-0.15, -0.1) is 0 Å². The summed E-state index contributed by atoms with van der Waals surface area (Å²) in [5.74, 6) is 0. The molecule has 0 radical (unpaired) electrons. The molecule has 0 bridgehead atoms. The van der Waals surface area contributed by atoms with E-state index in [1.165, 1.54) is 68.0 Å². The van der Waals surface area contributed by atoms with Gasteiger partial charge in [0, 0.05) is 24.2 Å². The van der Waals surface area contributed by atoms with Crippen molar-refractivity contribution in [2.24, 2.45) is 7.05 Å².